The van der Waals surface area contributed by atoms with Crippen molar-refractivity contribution in [2.24, 2.45) is 0 Å². The number of carbonyl (C=O) groups excluding carboxylic acids is 1. The summed E-state index contributed by atoms with van der Waals surface area (Å²) < 4.78 is 25.1. The monoisotopic (exact) mass is 587 g/mol. The first kappa shape index (κ1) is 31.4. The Labute approximate surface area is 243 Å². The van der Waals surface area contributed by atoms with E-state index in [2.05, 4.69) is 37.4 Å². The van der Waals surface area contributed by atoms with E-state index in [1.807, 2.05) is 26.0 Å². The zero-order valence-corrected chi connectivity index (χ0v) is 24.6. The van der Waals surface area contributed by atoms with Gasteiger partial charge in [0.1, 0.15) is 11.6 Å². The van der Waals surface area contributed by atoms with E-state index in [0.29, 0.717) is 29.4 Å². The van der Waals surface area contributed by atoms with Crippen LogP contribution in [-0.4, -0.2) is 74.3 Å². The summed E-state index contributed by atoms with van der Waals surface area (Å²) in [6.45, 7) is 6.54. The van der Waals surface area contributed by atoms with Crippen LogP contribution >= 0.6 is 11.6 Å². The molecule has 0 spiro atoms. The molecule has 220 valence electrons. The predicted molar refractivity (Wildman–Crippen MR) is 161 cm³/mol. The van der Waals surface area contributed by atoms with Crippen molar-refractivity contribution in [3.63, 3.8) is 0 Å². The second-order valence-electron chi connectivity index (χ2n) is 9.38. The normalized spacial score (nSPS) is 11.6. The molecule has 4 N–H and O–H groups in total. The molecule has 1 aromatic heterocycles. The number of likely N-dealkylation sites (N-methyl/N-ethyl adjacent to an activating group) is 2. The maximum absolute atomic E-state index is 14.1. The van der Waals surface area contributed by atoms with Crippen molar-refractivity contribution in [2.75, 3.05) is 69.3 Å². The van der Waals surface area contributed by atoms with E-state index < -0.39 is 11.9 Å². The van der Waals surface area contributed by atoms with Gasteiger partial charge in [0.15, 0.2) is 11.6 Å². The molecule has 41 heavy (non-hydrogen) atoms. The molecule has 0 aliphatic heterocycles. The van der Waals surface area contributed by atoms with E-state index >= 15 is 0 Å². The van der Waals surface area contributed by atoms with Gasteiger partial charge in [-0.15, -0.1) is 0 Å². The molecule has 1 heterocycles. The number of aromatic nitrogens is 2. The fourth-order valence-corrected chi connectivity index (χ4v) is 4.00. The smallest absolute Gasteiger partial charge is 0.247 e. The molecule has 0 saturated carbocycles. The molecule has 1 atom stereocenters. The van der Waals surface area contributed by atoms with Crippen LogP contribution < -0.4 is 30.3 Å². The van der Waals surface area contributed by atoms with Crippen LogP contribution in [0.3, 0.4) is 0 Å². The molecule has 0 saturated heterocycles. The van der Waals surface area contributed by atoms with E-state index in [4.69, 9.17) is 21.1 Å². The van der Waals surface area contributed by atoms with Gasteiger partial charge in [-0.2, -0.15) is 4.98 Å². The first-order valence-electron chi connectivity index (χ1n) is 12.6. The highest BCUT2D eigenvalue weighted by Gasteiger charge is 2.19. The largest absolute Gasteiger partial charge is 0.494 e. The van der Waals surface area contributed by atoms with Crippen LogP contribution in [0.25, 0.3) is 0 Å². The minimum atomic E-state index is -0.988. The number of aliphatic hydroxyl groups excluding tert-OH is 1. The summed E-state index contributed by atoms with van der Waals surface area (Å²) in [5, 5.41) is 19.1. The standard InChI is InChI=1S/C28H35ClFN7O4/c1-8-26(39)32-21-13-22(24(40-6)14-23(21)37(5)10-9-36(3)4)34-28-31-15-25(41-7)27(35-28)33-20-12-18(29)19(30)11-17(20)16(2)38/h8,11-16,38H,1,9-10H2,2-7H3,(H,32,39)(H2,31,33,34,35). The Morgan fingerprint density at radius 3 is 2.41 bits per heavy atom. The number of rotatable bonds is 13. The maximum Gasteiger partial charge on any atom is 0.247 e. The third kappa shape index (κ3) is 7.97. The lowest BCUT2D eigenvalue weighted by molar-refractivity contribution is -0.111. The molecule has 0 fully saturated rings. The van der Waals surface area contributed by atoms with Gasteiger partial charge in [-0.25, -0.2) is 9.37 Å². The van der Waals surface area contributed by atoms with Crippen molar-refractivity contribution >= 4 is 52.0 Å². The van der Waals surface area contributed by atoms with Gasteiger partial charge in [0, 0.05) is 37.5 Å². The highest BCUT2D eigenvalue weighted by molar-refractivity contribution is 6.31. The average molecular weight is 588 g/mol. The quantitative estimate of drug-likeness (QED) is 0.204. The lowest BCUT2D eigenvalue weighted by Crippen LogP contribution is -2.29. The third-order valence-corrected chi connectivity index (χ3v) is 6.36. The molecule has 13 heteroatoms. The van der Waals surface area contributed by atoms with Crippen LogP contribution in [0, 0.1) is 5.82 Å². The third-order valence-electron chi connectivity index (χ3n) is 6.07. The number of ether oxygens (including phenoxy) is 2. The van der Waals surface area contributed by atoms with Gasteiger partial charge in [0.25, 0.3) is 0 Å². The van der Waals surface area contributed by atoms with Crippen LogP contribution in [0.5, 0.6) is 11.5 Å². The van der Waals surface area contributed by atoms with E-state index in [1.54, 1.807) is 12.1 Å². The van der Waals surface area contributed by atoms with E-state index in [0.717, 1.165) is 18.3 Å². The summed E-state index contributed by atoms with van der Waals surface area (Å²) in [5.41, 5.74) is 2.35. The van der Waals surface area contributed by atoms with Crippen molar-refractivity contribution in [3.05, 3.63) is 59.5 Å². The number of benzene rings is 2. The van der Waals surface area contributed by atoms with Gasteiger partial charge in [-0.05, 0) is 45.3 Å². The van der Waals surface area contributed by atoms with E-state index in [-0.39, 0.29) is 34.0 Å². The topological polar surface area (TPSA) is 124 Å². The number of carbonyl (C=O) groups is 1. The molecule has 0 aliphatic rings. The molecule has 0 radical (unpaired) electrons. The number of aliphatic hydroxyl groups is 1. The number of anilines is 6. The lowest BCUT2D eigenvalue weighted by Gasteiger charge is -2.26. The van der Waals surface area contributed by atoms with Crippen LogP contribution in [0.15, 0.2) is 43.1 Å². The van der Waals surface area contributed by atoms with E-state index in [9.17, 15) is 14.3 Å². The molecule has 3 rings (SSSR count). The highest BCUT2D eigenvalue weighted by Crippen LogP contribution is 2.39. The molecule has 3 aromatic rings. The van der Waals surface area contributed by atoms with Gasteiger partial charge in [-0.3, -0.25) is 4.79 Å². The summed E-state index contributed by atoms with van der Waals surface area (Å²) in [6, 6.07) is 6.03. The molecular weight excluding hydrogens is 553 g/mol. The van der Waals surface area contributed by atoms with Crippen molar-refractivity contribution < 1.29 is 23.8 Å². The Morgan fingerprint density at radius 1 is 1.10 bits per heavy atom. The summed E-state index contributed by atoms with van der Waals surface area (Å²) in [7, 11) is 8.87. The van der Waals surface area contributed by atoms with Crippen molar-refractivity contribution in [1.82, 2.24) is 14.9 Å². The van der Waals surface area contributed by atoms with Crippen molar-refractivity contribution in [2.45, 2.75) is 13.0 Å². The Balaban J connectivity index is 2.03. The summed E-state index contributed by atoms with van der Waals surface area (Å²) >= 11 is 6.00. The van der Waals surface area contributed by atoms with Crippen molar-refractivity contribution in [1.29, 1.82) is 0 Å². The SMILES string of the molecule is C=CC(=O)Nc1cc(Nc2ncc(OC)c(Nc3cc(Cl)c(F)cc3C(C)O)n2)c(OC)cc1N(C)CCN(C)C. The van der Waals surface area contributed by atoms with Crippen LogP contribution in [-0.2, 0) is 4.79 Å². The van der Waals surface area contributed by atoms with Crippen LogP contribution in [0.4, 0.5) is 38.9 Å². The molecule has 0 bridgehead atoms. The molecule has 1 unspecified atom stereocenters. The number of nitrogens with one attached hydrogen (secondary N) is 3. The fraction of sp³-hybridized carbons (Fsp3) is 0.321. The Bertz CT molecular complexity index is 1400. The zero-order valence-electron chi connectivity index (χ0n) is 23.9. The summed E-state index contributed by atoms with van der Waals surface area (Å²) in [6.07, 6.45) is 1.65. The predicted octanol–water partition coefficient (Wildman–Crippen LogP) is 4.95. The Hall–Kier alpha value is -4.13. The number of nitrogens with zero attached hydrogens (tertiary/aromatic N) is 4. The zero-order chi connectivity index (χ0) is 30.3. The molecular formula is C28H35ClFN7O4. The van der Waals surface area contributed by atoms with Crippen LogP contribution in [0.1, 0.15) is 18.6 Å². The Morgan fingerprint density at radius 2 is 1.80 bits per heavy atom. The molecule has 2 aromatic carbocycles. The summed E-state index contributed by atoms with van der Waals surface area (Å²) in [5.74, 6) is 0.122. The second-order valence-corrected chi connectivity index (χ2v) is 9.79. The number of hydrogen-bond donors (Lipinski definition) is 4. The number of methoxy groups -OCH3 is 2. The fourth-order valence-electron chi connectivity index (χ4n) is 3.84. The molecule has 0 aliphatic carbocycles. The lowest BCUT2D eigenvalue weighted by atomic mass is 10.1. The first-order chi connectivity index (χ1) is 19.5. The van der Waals surface area contributed by atoms with Gasteiger partial charge < -0.3 is 40.3 Å². The van der Waals surface area contributed by atoms with Gasteiger partial charge >= 0.3 is 0 Å². The minimum absolute atomic E-state index is 0.127. The maximum atomic E-state index is 14.1. The van der Waals surface area contributed by atoms with Gasteiger partial charge in [-0.1, -0.05) is 18.2 Å². The average Bonchev–Trinajstić information content (AvgIpc) is 2.93. The second kappa shape index (κ2) is 14.0. The van der Waals surface area contributed by atoms with Crippen molar-refractivity contribution in [3.8, 4) is 11.5 Å². The first-order valence-corrected chi connectivity index (χ1v) is 13.0. The summed E-state index contributed by atoms with van der Waals surface area (Å²) in [4.78, 5) is 25.2. The van der Waals surface area contributed by atoms with E-state index in [1.165, 1.54) is 39.5 Å². The van der Waals surface area contributed by atoms with Gasteiger partial charge in [0.2, 0.25) is 11.9 Å². The minimum Gasteiger partial charge on any atom is -0.494 e. The van der Waals surface area contributed by atoms with Crippen LogP contribution in [0.2, 0.25) is 5.02 Å². The Kier molecular flexibility index (Phi) is 10.7. The highest BCUT2D eigenvalue weighted by atomic mass is 35.5. The van der Waals surface area contributed by atoms with Gasteiger partial charge in [0.05, 0.1) is 48.6 Å². The molecule has 1 amide bonds. The molecule has 11 nitrogen and oxygen atoms in total. The number of amides is 1. The number of halogens is 2. The number of hydrogen-bond acceptors (Lipinski definition) is 10.